The number of benzene rings is 1. The van der Waals surface area contributed by atoms with E-state index in [9.17, 15) is 26.4 Å². The van der Waals surface area contributed by atoms with Crippen LogP contribution in [-0.2, 0) is 16.0 Å². The average molecular weight is 495 g/mol. The zero-order valence-corrected chi connectivity index (χ0v) is 19.0. The van der Waals surface area contributed by atoms with E-state index in [0.717, 1.165) is 22.6 Å². The lowest BCUT2D eigenvalue weighted by atomic mass is 10.1. The highest BCUT2D eigenvalue weighted by Gasteiger charge is 2.31. The first-order valence-corrected chi connectivity index (χ1v) is 12.5. The molecule has 0 aliphatic heterocycles. The fraction of sp³-hybridized carbons (Fsp3) is 0.190. The Hall–Kier alpha value is -3.12. The van der Waals surface area contributed by atoms with Gasteiger partial charge in [0.05, 0.1) is 11.3 Å². The minimum Gasteiger partial charge on any atom is -0.249 e. The number of hydrogen-bond donors (Lipinski definition) is 0. The smallest absolute Gasteiger partial charge is 0.249 e. The van der Waals surface area contributed by atoms with Crippen LogP contribution in [0.4, 0.5) is 13.2 Å². The Morgan fingerprint density at radius 3 is 2.36 bits per heavy atom. The molecule has 4 aromatic rings. The molecule has 0 aliphatic carbocycles. The Labute approximate surface area is 190 Å². The van der Waals surface area contributed by atoms with Gasteiger partial charge >= 0.3 is 11.9 Å². The van der Waals surface area contributed by atoms with Crippen LogP contribution in [0.2, 0.25) is 0 Å². The lowest BCUT2D eigenvalue weighted by Crippen LogP contribution is -2.23. The van der Waals surface area contributed by atoms with Crippen molar-refractivity contribution in [2.75, 3.05) is 12.0 Å². The maximum absolute atomic E-state index is 13.1. The minimum atomic E-state index is -4.65. The van der Waals surface area contributed by atoms with Gasteiger partial charge in [0.25, 0.3) is 0 Å². The molecule has 0 aliphatic rings. The van der Waals surface area contributed by atoms with Gasteiger partial charge in [-0.3, -0.25) is 0 Å². The van der Waals surface area contributed by atoms with Gasteiger partial charge in [-0.1, -0.05) is 19.1 Å². The van der Waals surface area contributed by atoms with Crippen molar-refractivity contribution in [3.63, 3.8) is 0 Å². The fourth-order valence-electron chi connectivity index (χ4n) is 3.20. The lowest BCUT2D eigenvalue weighted by molar-refractivity contribution is -0.137. The molecule has 0 spiro atoms. The van der Waals surface area contributed by atoms with Crippen LogP contribution in [0.25, 0.3) is 22.6 Å². The van der Waals surface area contributed by atoms with E-state index in [1.807, 2.05) is 30.5 Å². The molecule has 0 amide bonds. The van der Waals surface area contributed by atoms with Gasteiger partial charge in [-0.2, -0.15) is 17.9 Å². The number of fused-ring (bicyclic) bond motifs is 1. The molecule has 1 aromatic carbocycles. The summed E-state index contributed by atoms with van der Waals surface area (Å²) >= 11 is 1.56. The van der Waals surface area contributed by atoms with E-state index < -0.39 is 27.3 Å². The van der Waals surface area contributed by atoms with Crippen LogP contribution in [0.5, 0.6) is 0 Å². The third-order valence-electron chi connectivity index (χ3n) is 5.02. The van der Waals surface area contributed by atoms with E-state index in [1.54, 1.807) is 11.8 Å². The van der Waals surface area contributed by atoms with Gasteiger partial charge < -0.3 is 0 Å². The number of alkyl halides is 3. The topological polar surface area (TPSA) is 86.3 Å². The van der Waals surface area contributed by atoms with Crippen molar-refractivity contribution in [1.82, 2.24) is 19.2 Å². The van der Waals surface area contributed by atoms with E-state index in [-0.39, 0.29) is 22.1 Å². The summed E-state index contributed by atoms with van der Waals surface area (Å²) in [5.41, 5.74) is -0.846. The Kier molecular flexibility index (Phi) is 5.83. The second-order valence-electron chi connectivity index (χ2n) is 7.02. The maximum atomic E-state index is 13.1. The largest absolute Gasteiger partial charge is 0.417 e. The molecule has 12 heteroatoms. The summed E-state index contributed by atoms with van der Waals surface area (Å²) in [6, 6.07) is 10.6. The normalized spacial score (nSPS) is 12.4. The van der Waals surface area contributed by atoms with Gasteiger partial charge in [0.15, 0.2) is 21.3 Å². The van der Waals surface area contributed by atoms with E-state index in [2.05, 4.69) is 10.1 Å². The van der Waals surface area contributed by atoms with Crippen molar-refractivity contribution in [3.05, 3.63) is 70.9 Å². The van der Waals surface area contributed by atoms with Gasteiger partial charge in [0, 0.05) is 22.9 Å². The van der Waals surface area contributed by atoms with Crippen molar-refractivity contribution < 1.29 is 21.6 Å². The maximum Gasteiger partial charge on any atom is 0.417 e. The standard InChI is InChI=1S/C21H17F3N4O3S2/c1-3-33(30,31)17-10-14(13-4-7-16(32-2)8-5-13)11-25-19(17)28-20(29)27-12-15(21(22,23)24)6-9-18(27)26-28/h4-12H,3H2,1-2H3. The van der Waals surface area contributed by atoms with Crippen molar-refractivity contribution in [1.29, 1.82) is 0 Å². The summed E-state index contributed by atoms with van der Waals surface area (Å²) in [6.45, 7) is 1.45. The van der Waals surface area contributed by atoms with Crippen LogP contribution in [0.1, 0.15) is 12.5 Å². The highest BCUT2D eigenvalue weighted by atomic mass is 32.2. The molecule has 4 rings (SSSR count). The third kappa shape index (κ3) is 4.27. The van der Waals surface area contributed by atoms with Crippen molar-refractivity contribution in [2.24, 2.45) is 0 Å². The number of pyridine rings is 2. The Balaban J connectivity index is 1.92. The van der Waals surface area contributed by atoms with Gasteiger partial charge in [-0.25, -0.2) is 22.6 Å². The second kappa shape index (κ2) is 8.34. The number of aromatic nitrogens is 4. The molecular formula is C21H17F3N4O3S2. The first-order chi connectivity index (χ1) is 15.5. The third-order valence-corrected chi connectivity index (χ3v) is 7.49. The quantitative estimate of drug-likeness (QED) is 0.389. The number of rotatable bonds is 5. The average Bonchev–Trinajstić information content (AvgIpc) is 3.14. The van der Waals surface area contributed by atoms with Crippen LogP contribution in [-0.4, -0.2) is 39.6 Å². The molecule has 33 heavy (non-hydrogen) atoms. The summed E-state index contributed by atoms with van der Waals surface area (Å²) in [7, 11) is -3.86. The molecule has 0 saturated heterocycles. The fourth-order valence-corrected chi connectivity index (χ4v) is 4.65. The zero-order valence-electron chi connectivity index (χ0n) is 17.4. The van der Waals surface area contributed by atoms with Crippen molar-refractivity contribution >= 4 is 27.2 Å². The highest BCUT2D eigenvalue weighted by molar-refractivity contribution is 7.98. The van der Waals surface area contributed by atoms with Crippen LogP contribution < -0.4 is 5.69 Å². The van der Waals surface area contributed by atoms with E-state index >= 15 is 0 Å². The van der Waals surface area contributed by atoms with E-state index in [0.29, 0.717) is 20.8 Å². The molecule has 0 bridgehead atoms. The SMILES string of the molecule is CCS(=O)(=O)c1cc(-c2ccc(SC)cc2)cnc1-n1nc2ccc(C(F)(F)F)cn2c1=O. The van der Waals surface area contributed by atoms with Crippen LogP contribution in [0.15, 0.2) is 69.4 Å². The van der Waals surface area contributed by atoms with Gasteiger partial charge in [-0.05, 0) is 42.2 Å². The molecule has 0 unspecified atom stereocenters. The molecule has 172 valence electrons. The Bertz CT molecular complexity index is 1510. The molecule has 0 N–H and O–H groups in total. The van der Waals surface area contributed by atoms with Gasteiger partial charge in [-0.15, -0.1) is 16.9 Å². The number of thioether (sulfide) groups is 1. The van der Waals surface area contributed by atoms with Crippen molar-refractivity contribution in [2.45, 2.75) is 22.9 Å². The van der Waals surface area contributed by atoms with E-state index in [4.69, 9.17) is 0 Å². The van der Waals surface area contributed by atoms with Crippen LogP contribution in [0, 0.1) is 0 Å². The summed E-state index contributed by atoms with van der Waals surface area (Å²) in [6.07, 6.45) is -0.702. The number of sulfone groups is 1. The van der Waals surface area contributed by atoms with Gasteiger partial charge in [0.2, 0.25) is 0 Å². The molecule has 0 atom stereocenters. The predicted molar refractivity (Wildman–Crippen MR) is 119 cm³/mol. The summed E-state index contributed by atoms with van der Waals surface area (Å²) < 4.78 is 66.3. The minimum absolute atomic E-state index is 0.0774. The predicted octanol–water partition coefficient (Wildman–Crippen LogP) is 4.08. The summed E-state index contributed by atoms with van der Waals surface area (Å²) in [4.78, 5) is 17.8. The molecular weight excluding hydrogens is 477 g/mol. The van der Waals surface area contributed by atoms with Crippen LogP contribution >= 0.6 is 11.8 Å². The summed E-state index contributed by atoms with van der Waals surface area (Å²) in [5, 5.41) is 4.01. The van der Waals surface area contributed by atoms with Gasteiger partial charge in [0.1, 0.15) is 4.90 Å². The first-order valence-electron chi connectivity index (χ1n) is 9.61. The molecule has 0 saturated carbocycles. The Morgan fingerprint density at radius 2 is 1.76 bits per heavy atom. The van der Waals surface area contributed by atoms with Crippen molar-refractivity contribution in [3.8, 4) is 16.9 Å². The Morgan fingerprint density at radius 1 is 1.06 bits per heavy atom. The molecule has 0 fully saturated rings. The van der Waals surface area contributed by atoms with Crippen LogP contribution in [0.3, 0.4) is 0 Å². The second-order valence-corrected chi connectivity index (χ2v) is 10.1. The molecule has 0 radical (unpaired) electrons. The highest BCUT2D eigenvalue weighted by Crippen LogP contribution is 2.30. The van der Waals surface area contributed by atoms with E-state index in [1.165, 1.54) is 19.2 Å². The number of hydrogen-bond acceptors (Lipinski definition) is 6. The lowest BCUT2D eigenvalue weighted by Gasteiger charge is -2.10. The molecule has 7 nitrogen and oxygen atoms in total. The number of nitrogens with zero attached hydrogens (tertiary/aromatic N) is 4. The first kappa shape index (κ1) is 23.1. The molecule has 3 heterocycles. The zero-order chi connectivity index (χ0) is 24.0. The monoisotopic (exact) mass is 494 g/mol. The summed E-state index contributed by atoms with van der Waals surface area (Å²) in [5.74, 6) is -0.541. The molecule has 3 aromatic heterocycles. The number of halogens is 3.